The summed E-state index contributed by atoms with van der Waals surface area (Å²) in [4.78, 5) is 23.9. The van der Waals surface area contributed by atoms with Gasteiger partial charge in [-0.2, -0.15) is 0 Å². The van der Waals surface area contributed by atoms with Crippen LogP contribution in [0, 0.1) is 13.8 Å². The Kier molecular flexibility index (Phi) is 8.00. The summed E-state index contributed by atoms with van der Waals surface area (Å²) in [6.07, 6.45) is 1.69. The summed E-state index contributed by atoms with van der Waals surface area (Å²) in [5.41, 5.74) is 3.52. The highest BCUT2D eigenvalue weighted by atomic mass is 32.2. The number of benzene rings is 2. The molecule has 0 radical (unpaired) electrons. The molecule has 2 aromatic rings. The second-order valence-corrected chi connectivity index (χ2v) is 9.04. The van der Waals surface area contributed by atoms with Crippen LogP contribution < -0.4 is 9.62 Å². The Hall–Kier alpha value is -2.87. The van der Waals surface area contributed by atoms with Crippen molar-refractivity contribution < 1.29 is 22.7 Å². The number of nitrogens with zero attached hydrogens (tertiary/aromatic N) is 1. The fourth-order valence-electron chi connectivity index (χ4n) is 3.09. The molecule has 1 amide bonds. The summed E-state index contributed by atoms with van der Waals surface area (Å²) in [6, 6.07) is 12.0. The van der Waals surface area contributed by atoms with E-state index in [-0.39, 0.29) is 18.9 Å². The van der Waals surface area contributed by atoms with Crippen LogP contribution in [0.5, 0.6) is 0 Å². The van der Waals surface area contributed by atoms with Gasteiger partial charge >= 0.3 is 5.97 Å². The van der Waals surface area contributed by atoms with Gasteiger partial charge in [0.25, 0.3) is 0 Å². The van der Waals surface area contributed by atoms with Gasteiger partial charge in [0.1, 0.15) is 0 Å². The van der Waals surface area contributed by atoms with Gasteiger partial charge < -0.3 is 10.1 Å². The van der Waals surface area contributed by atoms with Crippen molar-refractivity contribution in [3.05, 3.63) is 59.2 Å². The van der Waals surface area contributed by atoms with Crippen LogP contribution in [0.4, 0.5) is 11.4 Å². The first-order chi connectivity index (χ1) is 14.1. The monoisotopic (exact) mass is 432 g/mol. The number of ether oxygens (including phenoxy) is 1. The number of sulfonamides is 1. The van der Waals surface area contributed by atoms with Crippen molar-refractivity contribution in [3.63, 3.8) is 0 Å². The van der Waals surface area contributed by atoms with E-state index >= 15 is 0 Å². The molecule has 0 saturated heterocycles. The van der Waals surface area contributed by atoms with Crippen LogP contribution in [0.2, 0.25) is 0 Å². The highest BCUT2D eigenvalue weighted by molar-refractivity contribution is 7.92. The zero-order chi connectivity index (χ0) is 22.3. The van der Waals surface area contributed by atoms with E-state index in [1.54, 1.807) is 31.2 Å². The molecular formula is C22H28N2O5S. The van der Waals surface area contributed by atoms with E-state index in [0.717, 1.165) is 17.4 Å². The van der Waals surface area contributed by atoms with Crippen LogP contribution in [0.15, 0.2) is 42.5 Å². The molecule has 0 aromatic heterocycles. The maximum absolute atomic E-state index is 12.2. The van der Waals surface area contributed by atoms with Gasteiger partial charge in [0, 0.05) is 18.7 Å². The van der Waals surface area contributed by atoms with Crippen molar-refractivity contribution in [2.24, 2.45) is 0 Å². The molecule has 0 fully saturated rings. The molecule has 0 aliphatic rings. The Morgan fingerprint density at radius 2 is 1.63 bits per heavy atom. The normalized spacial score (nSPS) is 11.1. The van der Waals surface area contributed by atoms with E-state index in [2.05, 4.69) is 5.32 Å². The second-order valence-electron chi connectivity index (χ2n) is 7.13. The van der Waals surface area contributed by atoms with Crippen LogP contribution in [0.1, 0.15) is 41.3 Å². The van der Waals surface area contributed by atoms with E-state index in [9.17, 15) is 18.0 Å². The number of carbonyl (C=O) groups is 2. The molecule has 0 aliphatic carbocycles. The number of hydrogen-bond donors (Lipinski definition) is 1. The smallest absolute Gasteiger partial charge is 0.338 e. The summed E-state index contributed by atoms with van der Waals surface area (Å²) in [7, 11) is -3.47. The molecule has 0 atom stereocenters. The number of nitrogens with one attached hydrogen (secondary N) is 1. The Balaban J connectivity index is 1.95. The molecular weight excluding hydrogens is 404 g/mol. The summed E-state index contributed by atoms with van der Waals surface area (Å²) < 4.78 is 30.7. The molecule has 0 aliphatic heterocycles. The van der Waals surface area contributed by atoms with Gasteiger partial charge in [-0.25, -0.2) is 13.2 Å². The van der Waals surface area contributed by atoms with Crippen LogP contribution in [-0.2, 0) is 19.6 Å². The van der Waals surface area contributed by atoms with Crippen LogP contribution in [0.3, 0.4) is 0 Å². The average Bonchev–Trinajstić information content (AvgIpc) is 2.64. The molecule has 7 nitrogen and oxygen atoms in total. The predicted molar refractivity (Wildman–Crippen MR) is 118 cm³/mol. The molecule has 30 heavy (non-hydrogen) atoms. The van der Waals surface area contributed by atoms with Crippen molar-refractivity contribution in [3.8, 4) is 0 Å². The number of hydrogen-bond acceptors (Lipinski definition) is 5. The molecule has 2 rings (SSSR count). The summed E-state index contributed by atoms with van der Waals surface area (Å²) >= 11 is 0. The van der Waals surface area contributed by atoms with Crippen molar-refractivity contribution in [2.75, 3.05) is 29.0 Å². The van der Waals surface area contributed by atoms with Gasteiger partial charge in [-0.15, -0.1) is 0 Å². The fourth-order valence-corrected chi connectivity index (χ4v) is 4.04. The standard InChI is InChI=1S/C22H28N2O5S/c1-5-29-22(26)18-8-10-19(11-9-18)23-21(25)7-6-12-24(30(4,27)28)20-14-16(2)13-17(3)15-20/h8-11,13-15H,5-7,12H2,1-4H3,(H,23,25). The van der Waals surface area contributed by atoms with Crippen LogP contribution in [0.25, 0.3) is 0 Å². The quantitative estimate of drug-likeness (QED) is 0.611. The van der Waals surface area contributed by atoms with E-state index in [0.29, 0.717) is 30.0 Å². The lowest BCUT2D eigenvalue weighted by molar-refractivity contribution is -0.116. The van der Waals surface area contributed by atoms with E-state index in [4.69, 9.17) is 4.74 Å². The Morgan fingerprint density at radius 3 is 2.17 bits per heavy atom. The minimum atomic E-state index is -3.47. The maximum atomic E-state index is 12.2. The van der Waals surface area contributed by atoms with Gasteiger partial charge in [0.05, 0.1) is 24.1 Å². The van der Waals surface area contributed by atoms with Gasteiger partial charge in [-0.05, 0) is 74.7 Å². The van der Waals surface area contributed by atoms with Gasteiger partial charge in [-0.3, -0.25) is 9.10 Å². The number of anilines is 2. The molecule has 162 valence electrons. The van der Waals surface area contributed by atoms with Crippen LogP contribution in [-0.4, -0.2) is 39.7 Å². The van der Waals surface area contributed by atoms with Gasteiger partial charge in [0.2, 0.25) is 15.9 Å². The summed E-state index contributed by atoms with van der Waals surface area (Å²) in [5, 5.41) is 2.75. The van der Waals surface area contributed by atoms with E-state index in [1.165, 1.54) is 4.31 Å². The Morgan fingerprint density at radius 1 is 1.03 bits per heavy atom. The minimum absolute atomic E-state index is 0.163. The lowest BCUT2D eigenvalue weighted by Gasteiger charge is -2.23. The third-order valence-corrected chi connectivity index (χ3v) is 5.53. The lowest BCUT2D eigenvalue weighted by atomic mass is 10.1. The first kappa shape index (κ1) is 23.4. The first-order valence-electron chi connectivity index (χ1n) is 9.73. The summed E-state index contributed by atoms with van der Waals surface area (Å²) in [6.45, 7) is 6.06. The highest BCUT2D eigenvalue weighted by Gasteiger charge is 2.18. The van der Waals surface area contributed by atoms with Crippen molar-refractivity contribution in [1.29, 1.82) is 0 Å². The average molecular weight is 433 g/mol. The molecule has 0 heterocycles. The zero-order valence-corrected chi connectivity index (χ0v) is 18.6. The third-order valence-electron chi connectivity index (χ3n) is 4.34. The number of esters is 1. The zero-order valence-electron chi connectivity index (χ0n) is 17.8. The largest absolute Gasteiger partial charge is 0.462 e. The predicted octanol–water partition coefficient (Wildman–Crippen LogP) is 3.67. The topological polar surface area (TPSA) is 92.8 Å². The van der Waals surface area contributed by atoms with E-state index in [1.807, 2.05) is 32.0 Å². The number of aryl methyl sites for hydroxylation is 2. The van der Waals surface area contributed by atoms with Gasteiger partial charge in [0.15, 0.2) is 0 Å². The second kappa shape index (κ2) is 10.2. The van der Waals surface area contributed by atoms with Crippen molar-refractivity contribution >= 4 is 33.3 Å². The Labute approximate surface area is 178 Å². The SMILES string of the molecule is CCOC(=O)c1ccc(NC(=O)CCCN(c2cc(C)cc(C)c2)S(C)(=O)=O)cc1. The molecule has 0 unspecified atom stereocenters. The third kappa shape index (κ3) is 6.88. The molecule has 2 aromatic carbocycles. The fraction of sp³-hybridized carbons (Fsp3) is 0.364. The lowest BCUT2D eigenvalue weighted by Crippen LogP contribution is -2.31. The van der Waals surface area contributed by atoms with Crippen LogP contribution >= 0.6 is 0 Å². The Bertz CT molecular complexity index is 980. The summed E-state index contributed by atoms with van der Waals surface area (Å²) in [5.74, 6) is -0.643. The molecule has 0 saturated carbocycles. The van der Waals surface area contributed by atoms with Crippen molar-refractivity contribution in [2.45, 2.75) is 33.6 Å². The molecule has 0 bridgehead atoms. The van der Waals surface area contributed by atoms with Crippen molar-refractivity contribution in [1.82, 2.24) is 0 Å². The number of amides is 1. The molecule has 0 spiro atoms. The maximum Gasteiger partial charge on any atom is 0.338 e. The number of carbonyl (C=O) groups excluding carboxylic acids is 2. The molecule has 8 heteroatoms. The molecule has 1 N–H and O–H groups in total. The van der Waals surface area contributed by atoms with Gasteiger partial charge in [-0.1, -0.05) is 6.07 Å². The van der Waals surface area contributed by atoms with E-state index < -0.39 is 16.0 Å². The highest BCUT2D eigenvalue weighted by Crippen LogP contribution is 2.22. The number of rotatable bonds is 9. The first-order valence-corrected chi connectivity index (χ1v) is 11.6. The minimum Gasteiger partial charge on any atom is -0.462 e.